The summed E-state index contributed by atoms with van der Waals surface area (Å²) in [5.41, 5.74) is -2.35. The molecule has 15 nitrogen and oxygen atoms in total. The number of carbonyl (C=O) groups is 6. The van der Waals surface area contributed by atoms with Gasteiger partial charge in [0.2, 0.25) is 0 Å². The van der Waals surface area contributed by atoms with Crippen molar-refractivity contribution in [3.05, 3.63) is 84.6 Å². The summed E-state index contributed by atoms with van der Waals surface area (Å²) < 4.78 is 44.8. The van der Waals surface area contributed by atoms with Gasteiger partial charge in [-0.05, 0) is 111 Å². The van der Waals surface area contributed by atoms with E-state index in [9.17, 15) is 28.8 Å². The fourth-order valence-corrected chi connectivity index (χ4v) is 5.89. The van der Waals surface area contributed by atoms with Crippen LogP contribution in [0.15, 0.2) is 84.6 Å². The van der Waals surface area contributed by atoms with Gasteiger partial charge in [0, 0.05) is 37.5 Å². The lowest BCUT2D eigenvalue weighted by Gasteiger charge is -2.13. The summed E-state index contributed by atoms with van der Waals surface area (Å²) in [6.07, 6.45) is 30.2. The second-order valence-electron chi connectivity index (χ2n) is 15.9. The largest absolute Gasteiger partial charge is 0.514 e. The molecular weight excluding hydrogens is 805 g/mol. The highest BCUT2D eigenvalue weighted by Crippen LogP contribution is 2.32. The van der Waals surface area contributed by atoms with Crippen LogP contribution in [0.2, 0.25) is 0 Å². The third-order valence-electron chi connectivity index (χ3n) is 9.28. The van der Waals surface area contributed by atoms with Crippen LogP contribution in [-0.4, -0.2) is 73.0 Å². The van der Waals surface area contributed by atoms with Gasteiger partial charge in [0.15, 0.2) is 34.1 Å². The summed E-state index contributed by atoms with van der Waals surface area (Å²) in [6, 6.07) is 0. The monoisotopic (exact) mass is 870 g/mol. The van der Waals surface area contributed by atoms with Gasteiger partial charge < -0.3 is 42.6 Å². The van der Waals surface area contributed by atoms with E-state index in [1.807, 2.05) is 0 Å². The molecule has 3 fully saturated rings. The summed E-state index contributed by atoms with van der Waals surface area (Å²) in [5.74, 6) is -0.00968. The van der Waals surface area contributed by atoms with Crippen molar-refractivity contribution in [3.63, 3.8) is 0 Å². The third kappa shape index (κ3) is 22.3. The number of hydrogen-bond acceptors (Lipinski definition) is 15. The van der Waals surface area contributed by atoms with E-state index in [0.29, 0.717) is 36.5 Å². The molecule has 4 aliphatic rings. The lowest BCUT2D eigenvalue weighted by Crippen LogP contribution is -2.20. The van der Waals surface area contributed by atoms with Crippen molar-refractivity contribution in [3.8, 4) is 0 Å². The van der Waals surface area contributed by atoms with E-state index in [2.05, 4.69) is 18.7 Å². The minimum Gasteiger partial charge on any atom is -0.462 e. The van der Waals surface area contributed by atoms with Crippen molar-refractivity contribution in [2.45, 2.75) is 155 Å². The number of esters is 3. The number of ether oxygens (including phenoxy) is 9. The van der Waals surface area contributed by atoms with Crippen molar-refractivity contribution in [2.24, 2.45) is 0 Å². The van der Waals surface area contributed by atoms with Crippen LogP contribution in [0.25, 0.3) is 0 Å². The number of hydrogen-bond donors (Lipinski definition) is 0. The van der Waals surface area contributed by atoms with Crippen LogP contribution in [0.4, 0.5) is 14.4 Å². The summed E-state index contributed by atoms with van der Waals surface area (Å²) in [5, 5.41) is 0. The Morgan fingerprint density at radius 3 is 1.18 bits per heavy atom. The predicted molar refractivity (Wildman–Crippen MR) is 229 cm³/mol. The summed E-state index contributed by atoms with van der Waals surface area (Å²) in [4.78, 5) is 67.4. The minimum absolute atomic E-state index is 0.185. The maximum absolute atomic E-state index is 11.8. The molecule has 0 N–H and O–H groups in total. The van der Waals surface area contributed by atoms with Gasteiger partial charge in [0.25, 0.3) is 0 Å². The van der Waals surface area contributed by atoms with Crippen LogP contribution >= 0.6 is 0 Å². The molecule has 15 heteroatoms. The maximum Gasteiger partial charge on any atom is 0.514 e. The average Bonchev–Trinajstić information content (AvgIpc) is 3.73. The highest BCUT2D eigenvalue weighted by atomic mass is 16.8. The van der Waals surface area contributed by atoms with Crippen LogP contribution in [0, 0.1) is 0 Å². The number of allylic oxidation sites excluding steroid dienone is 4. The minimum atomic E-state index is -0.800. The van der Waals surface area contributed by atoms with Crippen LogP contribution in [0.5, 0.6) is 0 Å². The Kier molecular flexibility index (Phi) is 23.8. The van der Waals surface area contributed by atoms with Crippen molar-refractivity contribution in [1.29, 1.82) is 0 Å². The van der Waals surface area contributed by atoms with Crippen LogP contribution in [0.1, 0.15) is 138 Å². The molecular formula is C47H66O15. The lowest BCUT2D eigenvalue weighted by molar-refractivity contribution is -0.138. The van der Waals surface area contributed by atoms with Crippen molar-refractivity contribution < 1.29 is 71.4 Å². The molecule has 344 valence electrons. The number of unbranched alkanes of at least 4 members (excludes halogenated alkanes) is 5. The van der Waals surface area contributed by atoms with E-state index in [-0.39, 0.29) is 19.8 Å². The Hall–Kier alpha value is -5.60. The second-order valence-corrected chi connectivity index (χ2v) is 15.9. The Morgan fingerprint density at radius 1 is 0.532 bits per heavy atom. The first-order valence-corrected chi connectivity index (χ1v) is 21.4. The van der Waals surface area contributed by atoms with Gasteiger partial charge in [-0.25, -0.2) is 28.8 Å². The smallest absolute Gasteiger partial charge is 0.462 e. The molecule has 3 saturated heterocycles. The van der Waals surface area contributed by atoms with Gasteiger partial charge in [-0.15, -0.1) is 0 Å². The topological polar surface area (TPSA) is 185 Å². The quantitative estimate of drug-likeness (QED) is 0.0392. The highest BCUT2D eigenvalue weighted by Gasteiger charge is 2.40. The summed E-state index contributed by atoms with van der Waals surface area (Å²) in [6.45, 7) is 14.2. The first-order valence-electron chi connectivity index (χ1n) is 21.4. The molecule has 0 radical (unpaired) electrons. The Balaban J connectivity index is 0.000000445. The van der Waals surface area contributed by atoms with E-state index >= 15 is 0 Å². The molecule has 0 atom stereocenters. The molecule has 0 aromatic carbocycles. The normalized spacial score (nSPS) is 20.3. The standard InChI is InChI=1S/C28H38O10.C11H14O5.C8H14/c1-27(2)21(35-25(31)37-27)15-13-19-33-23(29)17-11-9-7-5-6-8-10-12-18-24(30)34-20-14-16-22-28(3,4)38-26(32)36-22;1-4-9(12)14-7-5-6-8-11(2,3)16-10(13)15-8;1-2-4-6-8-7-5-3-1/h11-12,15-18H,5-10,13-14,19-20H2,1-4H3;4,6H,1,5,7H2,2-3H3;1-2H,3-8H2/b17-11?,18-12?,21-15+,22-16+;8-6+;. The summed E-state index contributed by atoms with van der Waals surface area (Å²) >= 11 is 0. The van der Waals surface area contributed by atoms with E-state index in [4.69, 9.17) is 42.6 Å². The molecule has 0 bridgehead atoms. The average molecular weight is 871 g/mol. The molecule has 4 rings (SSSR count). The zero-order valence-electron chi connectivity index (χ0n) is 37.3. The van der Waals surface area contributed by atoms with Gasteiger partial charge in [-0.1, -0.05) is 56.6 Å². The molecule has 0 saturated carbocycles. The third-order valence-corrected chi connectivity index (χ3v) is 9.28. The Labute approximate surface area is 366 Å². The van der Waals surface area contributed by atoms with E-state index in [1.165, 1.54) is 50.7 Å². The molecule has 3 heterocycles. The van der Waals surface area contributed by atoms with Crippen molar-refractivity contribution in [2.75, 3.05) is 19.8 Å². The zero-order chi connectivity index (χ0) is 45.9. The second kappa shape index (κ2) is 28.1. The molecule has 0 amide bonds. The SMILES string of the molecule is C1=CCCCCCC1.C=CC(=O)OCC/C=C1/OC(=O)OC1(C)C.CC1(C)OC(=O)O/C1=C/CCOC(=O)C=CCCCCCCC=CC(=O)OCC/C=C1/OC(=O)OC1(C)C. The first-order chi connectivity index (χ1) is 29.4. The lowest BCUT2D eigenvalue weighted by atomic mass is 10.1. The van der Waals surface area contributed by atoms with Gasteiger partial charge in [-0.3, -0.25) is 0 Å². The van der Waals surface area contributed by atoms with E-state index < -0.39 is 53.2 Å². The number of cyclic esters (lactones) is 6. The fraction of sp³-hybridized carbons (Fsp3) is 0.574. The highest BCUT2D eigenvalue weighted by molar-refractivity contribution is 5.82. The Morgan fingerprint density at radius 2 is 0.871 bits per heavy atom. The van der Waals surface area contributed by atoms with Crippen molar-refractivity contribution in [1.82, 2.24) is 0 Å². The fourth-order valence-electron chi connectivity index (χ4n) is 5.89. The van der Waals surface area contributed by atoms with Gasteiger partial charge in [0.1, 0.15) is 0 Å². The van der Waals surface area contributed by atoms with Crippen LogP contribution in [-0.2, 0) is 57.0 Å². The Bertz CT molecular complexity index is 1600. The number of rotatable bonds is 19. The molecule has 0 aromatic heterocycles. The molecule has 3 aliphatic heterocycles. The number of carbonyl (C=O) groups excluding carboxylic acids is 6. The van der Waals surface area contributed by atoms with Gasteiger partial charge in [0.05, 0.1) is 19.8 Å². The first kappa shape index (κ1) is 52.5. The van der Waals surface area contributed by atoms with Crippen LogP contribution < -0.4 is 0 Å². The zero-order valence-corrected chi connectivity index (χ0v) is 37.3. The molecule has 0 unspecified atom stereocenters. The molecule has 62 heavy (non-hydrogen) atoms. The van der Waals surface area contributed by atoms with Crippen molar-refractivity contribution >= 4 is 36.4 Å². The predicted octanol–water partition coefficient (Wildman–Crippen LogP) is 10.8. The molecule has 1 aliphatic carbocycles. The molecule has 0 aromatic rings. The molecule has 0 spiro atoms. The van der Waals surface area contributed by atoms with E-state index in [0.717, 1.165) is 44.6 Å². The van der Waals surface area contributed by atoms with E-state index in [1.54, 1.807) is 71.9 Å². The van der Waals surface area contributed by atoms with Gasteiger partial charge >= 0.3 is 36.4 Å². The van der Waals surface area contributed by atoms with Crippen LogP contribution in [0.3, 0.4) is 0 Å². The van der Waals surface area contributed by atoms with Gasteiger partial charge in [-0.2, -0.15) is 0 Å². The maximum atomic E-state index is 11.8. The summed E-state index contributed by atoms with van der Waals surface area (Å²) in [7, 11) is 0.